The largest absolute Gasteiger partial charge is 0.283 e. The number of hydrogen-bond acceptors (Lipinski definition) is 4. The standard InChI is InChI=1S/C12H16N2O3S/c1-14(13)11(15)12(7-8-12)9-3-5-10(6-4-9)18(2,16)17/h3-6H,7-8,13H2,1-2H3. The smallest absolute Gasteiger partial charge is 0.246 e. The van der Waals surface area contributed by atoms with Crippen molar-refractivity contribution in [2.24, 2.45) is 5.84 Å². The Balaban J connectivity index is 2.34. The number of carbonyl (C=O) groups is 1. The third kappa shape index (κ3) is 2.13. The Morgan fingerprint density at radius 2 is 1.78 bits per heavy atom. The van der Waals surface area contributed by atoms with Gasteiger partial charge in [-0.1, -0.05) is 12.1 Å². The Hall–Kier alpha value is -1.40. The molecule has 0 bridgehead atoms. The fraction of sp³-hybridized carbons (Fsp3) is 0.417. The Bertz CT molecular complexity index is 572. The highest BCUT2D eigenvalue weighted by Crippen LogP contribution is 2.49. The van der Waals surface area contributed by atoms with E-state index in [0.29, 0.717) is 0 Å². The highest BCUT2D eigenvalue weighted by atomic mass is 32.2. The van der Waals surface area contributed by atoms with Gasteiger partial charge in [0.1, 0.15) is 0 Å². The maximum absolute atomic E-state index is 12.0. The summed E-state index contributed by atoms with van der Waals surface area (Å²) in [5.74, 6) is 5.36. The summed E-state index contributed by atoms with van der Waals surface area (Å²) in [6.07, 6.45) is 2.67. The summed E-state index contributed by atoms with van der Waals surface area (Å²) in [6.45, 7) is 0. The molecule has 0 heterocycles. The number of likely N-dealkylation sites (N-methyl/N-ethyl adjacent to an activating group) is 1. The van der Waals surface area contributed by atoms with Crippen molar-refractivity contribution in [2.75, 3.05) is 13.3 Å². The minimum Gasteiger partial charge on any atom is -0.283 e. The Morgan fingerprint density at radius 1 is 1.28 bits per heavy atom. The maximum Gasteiger partial charge on any atom is 0.246 e. The van der Waals surface area contributed by atoms with Gasteiger partial charge in [0.25, 0.3) is 0 Å². The number of benzene rings is 1. The predicted octanol–water partition coefficient (Wildman–Crippen LogP) is 0.454. The molecule has 1 aromatic carbocycles. The number of amides is 1. The number of hydrazine groups is 1. The molecule has 2 rings (SSSR count). The summed E-state index contributed by atoms with van der Waals surface area (Å²) in [5, 5.41) is 1.09. The number of hydrogen-bond donors (Lipinski definition) is 1. The summed E-state index contributed by atoms with van der Waals surface area (Å²) in [5.41, 5.74) is 0.289. The molecule has 1 aromatic rings. The highest BCUT2D eigenvalue weighted by molar-refractivity contribution is 7.90. The molecular weight excluding hydrogens is 252 g/mol. The number of carbonyl (C=O) groups excluding carboxylic acids is 1. The van der Waals surface area contributed by atoms with Gasteiger partial charge >= 0.3 is 0 Å². The van der Waals surface area contributed by atoms with Crippen molar-refractivity contribution in [3.8, 4) is 0 Å². The van der Waals surface area contributed by atoms with Gasteiger partial charge in [0.2, 0.25) is 5.91 Å². The van der Waals surface area contributed by atoms with Crippen molar-refractivity contribution >= 4 is 15.7 Å². The van der Waals surface area contributed by atoms with Crippen molar-refractivity contribution in [3.63, 3.8) is 0 Å². The molecule has 0 atom stereocenters. The summed E-state index contributed by atoms with van der Waals surface area (Å²) in [6, 6.07) is 6.47. The molecule has 5 nitrogen and oxygen atoms in total. The fourth-order valence-electron chi connectivity index (χ4n) is 2.11. The van der Waals surface area contributed by atoms with E-state index in [1.807, 2.05) is 0 Å². The van der Waals surface area contributed by atoms with Crippen LogP contribution in [0.1, 0.15) is 18.4 Å². The lowest BCUT2D eigenvalue weighted by atomic mass is 9.95. The van der Waals surface area contributed by atoms with E-state index in [0.717, 1.165) is 29.7 Å². The topological polar surface area (TPSA) is 80.5 Å². The molecule has 0 spiro atoms. The summed E-state index contributed by atoms with van der Waals surface area (Å²) in [4.78, 5) is 12.3. The maximum atomic E-state index is 12.0. The average molecular weight is 268 g/mol. The van der Waals surface area contributed by atoms with E-state index < -0.39 is 15.3 Å². The first kappa shape index (κ1) is 13.0. The molecule has 1 amide bonds. The van der Waals surface area contributed by atoms with Crippen molar-refractivity contribution in [3.05, 3.63) is 29.8 Å². The Labute approximate surface area is 106 Å². The van der Waals surface area contributed by atoms with Crippen LogP contribution in [0, 0.1) is 0 Å². The first-order valence-electron chi connectivity index (χ1n) is 5.61. The zero-order valence-electron chi connectivity index (χ0n) is 10.4. The second-order valence-corrected chi connectivity index (χ2v) is 6.81. The van der Waals surface area contributed by atoms with Crippen LogP contribution in [0.2, 0.25) is 0 Å². The van der Waals surface area contributed by atoms with Crippen molar-refractivity contribution in [1.29, 1.82) is 0 Å². The number of sulfone groups is 1. The monoisotopic (exact) mass is 268 g/mol. The van der Waals surface area contributed by atoms with Gasteiger partial charge in [0, 0.05) is 13.3 Å². The van der Waals surface area contributed by atoms with Crippen LogP contribution < -0.4 is 5.84 Å². The van der Waals surface area contributed by atoms with E-state index >= 15 is 0 Å². The van der Waals surface area contributed by atoms with Gasteiger partial charge in [-0.3, -0.25) is 9.80 Å². The number of nitrogens with zero attached hydrogens (tertiary/aromatic N) is 1. The quantitative estimate of drug-likeness (QED) is 0.490. The molecule has 1 saturated carbocycles. The van der Waals surface area contributed by atoms with E-state index in [2.05, 4.69) is 0 Å². The van der Waals surface area contributed by atoms with E-state index in [4.69, 9.17) is 5.84 Å². The van der Waals surface area contributed by atoms with E-state index in [1.165, 1.54) is 19.2 Å². The minimum atomic E-state index is -3.20. The van der Waals surface area contributed by atoms with Gasteiger partial charge < -0.3 is 0 Å². The SMILES string of the molecule is CN(N)C(=O)C1(c2ccc(S(C)(=O)=O)cc2)CC1. The molecule has 1 fully saturated rings. The predicted molar refractivity (Wildman–Crippen MR) is 67.4 cm³/mol. The van der Waals surface area contributed by atoms with Gasteiger partial charge in [0.05, 0.1) is 10.3 Å². The van der Waals surface area contributed by atoms with E-state index in [-0.39, 0.29) is 10.8 Å². The van der Waals surface area contributed by atoms with Crippen LogP contribution >= 0.6 is 0 Å². The molecule has 0 radical (unpaired) electrons. The van der Waals surface area contributed by atoms with Crippen LogP contribution in [0.15, 0.2) is 29.2 Å². The van der Waals surface area contributed by atoms with Gasteiger partial charge in [0.15, 0.2) is 9.84 Å². The third-order valence-corrected chi connectivity index (χ3v) is 4.44. The zero-order chi connectivity index (χ0) is 13.6. The number of rotatable bonds is 3. The van der Waals surface area contributed by atoms with Crippen LogP contribution in [0.25, 0.3) is 0 Å². The molecule has 98 valence electrons. The van der Waals surface area contributed by atoms with Crippen molar-refractivity contribution < 1.29 is 13.2 Å². The lowest BCUT2D eigenvalue weighted by molar-refractivity contribution is -0.132. The molecule has 0 aromatic heterocycles. The lowest BCUT2D eigenvalue weighted by Crippen LogP contribution is -2.41. The summed E-state index contributed by atoms with van der Waals surface area (Å²) >= 11 is 0. The van der Waals surface area contributed by atoms with E-state index in [9.17, 15) is 13.2 Å². The van der Waals surface area contributed by atoms with Crippen molar-refractivity contribution in [2.45, 2.75) is 23.2 Å². The minimum absolute atomic E-state index is 0.130. The first-order valence-corrected chi connectivity index (χ1v) is 7.50. The van der Waals surface area contributed by atoms with Crippen LogP contribution in [-0.4, -0.2) is 32.6 Å². The normalized spacial score (nSPS) is 17.3. The van der Waals surface area contributed by atoms with Crippen LogP contribution in [-0.2, 0) is 20.0 Å². The molecule has 2 N–H and O–H groups in total. The highest BCUT2D eigenvalue weighted by Gasteiger charge is 2.52. The van der Waals surface area contributed by atoms with Crippen LogP contribution in [0.5, 0.6) is 0 Å². The average Bonchev–Trinajstić information content (AvgIpc) is 3.08. The molecule has 1 aliphatic carbocycles. The van der Waals surface area contributed by atoms with Gasteiger partial charge in [-0.2, -0.15) is 0 Å². The van der Waals surface area contributed by atoms with Crippen LogP contribution in [0.3, 0.4) is 0 Å². The Kier molecular flexibility index (Phi) is 2.95. The molecule has 0 saturated heterocycles. The van der Waals surface area contributed by atoms with Gasteiger partial charge in [-0.25, -0.2) is 14.3 Å². The van der Waals surface area contributed by atoms with Crippen LogP contribution in [0.4, 0.5) is 0 Å². The molecule has 1 aliphatic rings. The molecule has 0 aliphatic heterocycles. The Morgan fingerprint density at radius 3 is 2.11 bits per heavy atom. The molecule has 6 heteroatoms. The first-order chi connectivity index (χ1) is 8.27. The molecule has 0 unspecified atom stereocenters. The zero-order valence-corrected chi connectivity index (χ0v) is 11.2. The number of nitrogens with two attached hydrogens (primary N) is 1. The summed E-state index contributed by atoms with van der Waals surface area (Å²) < 4.78 is 22.7. The summed E-state index contributed by atoms with van der Waals surface area (Å²) in [7, 11) is -1.68. The molecule has 18 heavy (non-hydrogen) atoms. The second-order valence-electron chi connectivity index (χ2n) is 4.79. The third-order valence-electron chi connectivity index (χ3n) is 3.31. The second kappa shape index (κ2) is 4.07. The van der Waals surface area contributed by atoms with Gasteiger partial charge in [-0.15, -0.1) is 0 Å². The fourth-order valence-corrected chi connectivity index (χ4v) is 2.74. The van der Waals surface area contributed by atoms with E-state index in [1.54, 1.807) is 12.1 Å². The molecular formula is C12H16N2O3S. The van der Waals surface area contributed by atoms with Crippen molar-refractivity contribution in [1.82, 2.24) is 5.01 Å². The lowest BCUT2D eigenvalue weighted by Gasteiger charge is -2.19. The van der Waals surface area contributed by atoms with Gasteiger partial charge in [-0.05, 0) is 30.5 Å².